The molecule has 0 saturated heterocycles. The Balaban J connectivity index is 0.000000347. The van der Waals surface area contributed by atoms with Crippen LogP contribution < -0.4 is 14.6 Å². The Kier molecular flexibility index (Phi) is 19.4. The van der Waals surface area contributed by atoms with Crippen LogP contribution in [0.2, 0.25) is 0 Å². The van der Waals surface area contributed by atoms with E-state index in [1.807, 2.05) is 24.3 Å². The number of aromatic hydroxyl groups is 1. The van der Waals surface area contributed by atoms with Crippen molar-refractivity contribution in [1.29, 1.82) is 0 Å². The summed E-state index contributed by atoms with van der Waals surface area (Å²) in [7, 11) is -9.43. The van der Waals surface area contributed by atoms with Crippen molar-refractivity contribution in [2.75, 3.05) is 0 Å². The molecule has 13 heteroatoms. The zero-order valence-electron chi connectivity index (χ0n) is 29.3. The van der Waals surface area contributed by atoms with Crippen LogP contribution in [0.5, 0.6) is 34.5 Å². The van der Waals surface area contributed by atoms with Crippen molar-refractivity contribution in [3.05, 3.63) is 96.1 Å². The Bertz CT molecular complexity index is 1710. The molecule has 0 fully saturated rings. The molecule has 0 amide bonds. The van der Waals surface area contributed by atoms with Gasteiger partial charge in [-0.05, 0) is 68.1 Å². The summed E-state index contributed by atoms with van der Waals surface area (Å²) in [6, 6.07) is 23.1. The van der Waals surface area contributed by atoms with Gasteiger partial charge in [0.1, 0.15) is 43.8 Å². The first kappa shape index (κ1) is 44.3. The monoisotopic (exact) mass is 766 g/mol. The Morgan fingerprint density at radius 3 is 1.41 bits per heavy atom. The molecule has 4 aromatic carbocycles. The average molecular weight is 767 g/mol. The molecular formula is C38H46CaO10S2. The number of hydrogen-bond donors (Lipinski definition) is 2. The summed E-state index contributed by atoms with van der Waals surface area (Å²) in [6.45, 7) is 4.23. The molecular weight excluding hydrogens is 721 g/mol. The summed E-state index contributed by atoms with van der Waals surface area (Å²) in [5, 5.41) is 22.0. The Morgan fingerprint density at radius 1 is 0.588 bits per heavy atom. The van der Waals surface area contributed by atoms with E-state index in [-0.39, 0.29) is 49.1 Å². The molecule has 0 atom stereocenters. The van der Waals surface area contributed by atoms with Crippen LogP contribution in [0.3, 0.4) is 0 Å². The van der Waals surface area contributed by atoms with Gasteiger partial charge in [0, 0.05) is 11.1 Å². The van der Waals surface area contributed by atoms with Gasteiger partial charge in [0.15, 0.2) is 0 Å². The number of ether oxygens (including phenoxy) is 2. The van der Waals surface area contributed by atoms with Crippen LogP contribution in [-0.2, 0) is 33.1 Å². The Labute approximate surface area is 332 Å². The van der Waals surface area contributed by atoms with Crippen LogP contribution >= 0.6 is 0 Å². The largest absolute Gasteiger partial charge is 2.00 e. The molecule has 4 rings (SSSR count). The number of phenolic OH excluding ortho intramolecular Hbond substituents is 1. The van der Waals surface area contributed by atoms with E-state index in [1.54, 1.807) is 36.4 Å². The van der Waals surface area contributed by atoms with Gasteiger partial charge >= 0.3 is 37.7 Å². The molecule has 0 aliphatic rings. The fourth-order valence-corrected chi connectivity index (χ4v) is 7.12. The summed E-state index contributed by atoms with van der Waals surface area (Å²) in [5.74, 6) is 0.401. The van der Waals surface area contributed by atoms with Gasteiger partial charge in [-0.15, -0.1) is 0 Å². The molecule has 51 heavy (non-hydrogen) atoms. The maximum Gasteiger partial charge on any atom is 2.00 e. The van der Waals surface area contributed by atoms with Gasteiger partial charge in [-0.25, -0.2) is 8.42 Å². The number of unbranched alkanes of at least 4 members (excludes halogenated alkanes) is 8. The molecule has 0 spiro atoms. The zero-order valence-corrected chi connectivity index (χ0v) is 33.1. The van der Waals surface area contributed by atoms with E-state index in [0.717, 1.165) is 63.9 Å². The third-order valence-corrected chi connectivity index (χ3v) is 9.81. The normalized spacial score (nSPS) is 11.2. The topological polar surface area (TPSA) is 173 Å². The molecule has 0 bridgehead atoms. The molecule has 0 unspecified atom stereocenters. The van der Waals surface area contributed by atoms with Crippen LogP contribution in [0.4, 0.5) is 0 Å². The molecule has 0 saturated carbocycles. The SMILES string of the molecule is CCCCCCCc1c(Oc2ccccc2)ccc(O)c1S(=O)(=O)O.CCCCCCCc1c(Oc2ccccc2)ccc([O-])c1S(=O)(=O)[O-].[Ca+2]. The summed E-state index contributed by atoms with van der Waals surface area (Å²) in [4.78, 5) is -1.15. The zero-order chi connectivity index (χ0) is 36.6. The fourth-order valence-electron chi connectivity index (χ4n) is 5.45. The second-order valence-electron chi connectivity index (χ2n) is 11.8. The van der Waals surface area contributed by atoms with E-state index in [2.05, 4.69) is 13.8 Å². The van der Waals surface area contributed by atoms with Gasteiger partial charge in [0.25, 0.3) is 10.1 Å². The number of benzene rings is 4. The van der Waals surface area contributed by atoms with Crippen LogP contribution in [-0.4, -0.2) is 68.8 Å². The minimum absolute atomic E-state index is 0. The van der Waals surface area contributed by atoms with Gasteiger partial charge in [0.2, 0.25) is 0 Å². The second-order valence-corrected chi connectivity index (χ2v) is 14.5. The smallest absolute Gasteiger partial charge is 0.872 e. The molecule has 0 aliphatic carbocycles. The predicted octanol–water partition coefficient (Wildman–Crippen LogP) is 8.53. The average Bonchev–Trinajstić information content (AvgIpc) is 3.07. The first-order chi connectivity index (χ1) is 23.9. The van der Waals surface area contributed by atoms with Gasteiger partial charge in [-0.3, -0.25) is 4.55 Å². The van der Waals surface area contributed by atoms with Crippen molar-refractivity contribution in [1.82, 2.24) is 0 Å². The number of hydrogen-bond acceptors (Lipinski definition) is 9. The molecule has 10 nitrogen and oxygen atoms in total. The van der Waals surface area contributed by atoms with E-state index < -0.39 is 41.5 Å². The first-order valence-electron chi connectivity index (χ1n) is 16.9. The quantitative estimate of drug-likeness (QED) is 0.0568. The Morgan fingerprint density at radius 2 is 1.00 bits per heavy atom. The van der Waals surface area contributed by atoms with Gasteiger partial charge in [-0.2, -0.15) is 8.42 Å². The maximum absolute atomic E-state index is 12.0. The van der Waals surface area contributed by atoms with Crippen LogP contribution in [0.25, 0.3) is 0 Å². The van der Waals surface area contributed by atoms with E-state index in [9.17, 15) is 36.2 Å². The summed E-state index contributed by atoms with van der Waals surface area (Å²) in [5.41, 5.74) is 0.491. The number of phenols is 1. The van der Waals surface area contributed by atoms with Gasteiger partial charge in [0.05, 0.1) is 4.90 Å². The van der Waals surface area contributed by atoms with Gasteiger partial charge in [-0.1, -0.05) is 113 Å². The summed E-state index contributed by atoms with van der Waals surface area (Å²) >= 11 is 0. The Hall–Kier alpha value is -2.84. The van der Waals surface area contributed by atoms with Crippen LogP contribution in [0.15, 0.2) is 94.7 Å². The first-order valence-corrected chi connectivity index (χ1v) is 19.8. The molecule has 0 aliphatic heterocycles. The number of para-hydroxylation sites is 2. The van der Waals surface area contributed by atoms with E-state index in [1.165, 1.54) is 18.2 Å². The third kappa shape index (κ3) is 14.6. The van der Waals surface area contributed by atoms with Crippen LogP contribution in [0, 0.1) is 0 Å². The van der Waals surface area contributed by atoms with E-state index in [4.69, 9.17) is 9.47 Å². The van der Waals surface area contributed by atoms with E-state index >= 15 is 0 Å². The van der Waals surface area contributed by atoms with Crippen molar-refractivity contribution in [3.8, 4) is 34.5 Å². The summed E-state index contributed by atoms with van der Waals surface area (Å²) in [6.07, 6.45) is 10.5. The van der Waals surface area contributed by atoms with Crippen LogP contribution in [0.1, 0.15) is 89.2 Å². The maximum atomic E-state index is 12.0. The number of rotatable bonds is 18. The molecule has 272 valence electrons. The molecule has 4 aromatic rings. The summed E-state index contributed by atoms with van der Waals surface area (Å²) < 4.78 is 79.4. The van der Waals surface area contributed by atoms with E-state index in [0.29, 0.717) is 42.1 Å². The predicted molar refractivity (Wildman–Crippen MR) is 195 cm³/mol. The fraction of sp³-hybridized carbons (Fsp3) is 0.368. The van der Waals surface area contributed by atoms with Gasteiger partial charge < -0.3 is 24.2 Å². The van der Waals surface area contributed by atoms with Crippen molar-refractivity contribution in [3.63, 3.8) is 0 Å². The molecule has 0 heterocycles. The molecule has 0 aromatic heterocycles. The minimum atomic E-state index is -4.87. The standard InChI is InChI=1S/2C19H24O5S.Ca/c2*1-2-3-4-5-9-12-16-18(24-15-10-7-6-8-11-15)14-13-17(20)19(16)25(21,22)23;/h2*6-8,10-11,13-14,20H,2-5,9,12H2,1H3,(H,21,22,23);/q;;+2/p-2. The molecule has 0 radical (unpaired) electrons. The van der Waals surface area contributed by atoms with Crippen molar-refractivity contribution in [2.24, 2.45) is 0 Å². The molecule has 2 N–H and O–H groups in total. The second kappa shape index (κ2) is 22.3. The van der Waals surface area contributed by atoms with Crippen molar-refractivity contribution < 1.29 is 45.6 Å². The third-order valence-electron chi connectivity index (χ3n) is 7.89. The van der Waals surface area contributed by atoms with Crippen molar-refractivity contribution >= 4 is 58.0 Å². The van der Waals surface area contributed by atoms with Crippen molar-refractivity contribution in [2.45, 2.75) is 101 Å². The minimum Gasteiger partial charge on any atom is -0.872 e.